The monoisotopic (exact) mass is 258 g/mol. The molecule has 100 valence electrons. The van der Waals surface area contributed by atoms with Crippen LogP contribution in [0.15, 0.2) is 18.2 Å². The van der Waals surface area contributed by atoms with Gasteiger partial charge in [0.15, 0.2) is 11.6 Å². The van der Waals surface area contributed by atoms with Crippen LogP contribution < -0.4 is 15.4 Å². The third-order valence-electron chi connectivity index (χ3n) is 2.08. The van der Waals surface area contributed by atoms with Gasteiger partial charge < -0.3 is 15.4 Å². The van der Waals surface area contributed by atoms with Crippen molar-refractivity contribution in [1.82, 2.24) is 10.6 Å². The summed E-state index contributed by atoms with van der Waals surface area (Å²) in [5, 5.41) is 5.20. The Kier molecular flexibility index (Phi) is 5.90. The van der Waals surface area contributed by atoms with E-state index < -0.39 is 11.6 Å². The number of halogens is 2. The summed E-state index contributed by atoms with van der Waals surface area (Å²) in [5.74, 6) is -1.65. The standard InChI is InChI=1S/C12H16F2N2O2/c1-2-5-15-12(17)16-6-7-18-9-3-4-10(13)11(14)8-9/h3-4,8H,2,5-7H2,1H3,(H2,15,16,17). The van der Waals surface area contributed by atoms with Gasteiger partial charge in [-0.2, -0.15) is 0 Å². The molecule has 0 aliphatic heterocycles. The fourth-order valence-electron chi connectivity index (χ4n) is 1.20. The predicted molar refractivity (Wildman–Crippen MR) is 63.5 cm³/mol. The quantitative estimate of drug-likeness (QED) is 0.767. The zero-order valence-electron chi connectivity index (χ0n) is 10.1. The molecule has 4 nitrogen and oxygen atoms in total. The van der Waals surface area contributed by atoms with Gasteiger partial charge in [0.2, 0.25) is 0 Å². The van der Waals surface area contributed by atoms with Gasteiger partial charge in [0.05, 0.1) is 6.54 Å². The van der Waals surface area contributed by atoms with E-state index in [1.165, 1.54) is 6.07 Å². The molecule has 1 aromatic rings. The minimum absolute atomic E-state index is 0.185. The summed E-state index contributed by atoms with van der Waals surface area (Å²) < 4.78 is 30.6. The summed E-state index contributed by atoms with van der Waals surface area (Å²) in [6.45, 7) is 3.03. The van der Waals surface area contributed by atoms with E-state index in [0.717, 1.165) is 18.6 Å². The lowest BCUT2D eigenvalue weighted by atomic mass is 10.3. The van der Waals surface area contributed by atoms with Crippen LogP contribution in [-0.2, 0) is 0 Å². The second-order valence-electron chi connectivity index (χ2n) is 3.61. The number of benzene rings is 1. The Morgan fingerprint density at radius 1 is 1.22 bits per heavy atom. The maximum Gasteiger partial charge on any atom is 0.314 e. The van der Waals surface area contributed by atoms with Crippen LogP contribution in [0.5, 0.6) is 5.75 Å². The number of carbonyl (C=O) groups is 1. The number of hydrogen-bond donors (Lipinski definition) is 2. The third kappa shape index (κ3) is 4.99. The smallest absolute Gasteiger partial charge is 0.314 e. The summed E-state index contributed by atoms with van der Waals surface area (Å²) in [6.07, 6.45) is 0.860. The first-order valence-electron chi connectivity index (χ1n) is 5.73. The van der Waals surface area contributed by atoms with E-state index in [9.17, 15) is 13.6 Å². The highest BCUT2D eigenvalue weighted by atomic mass is 19.2. The van der Waals surface area contributed by atoms with Gasteiger partial charge >= 0.3 is 6.03 Å². The van der Waals surface area contributed by atoms with E-state index in [4.69, 9.17) is 4.74 Å². The van der Waals surface area contributed by atoms with Gasteiger partial charge in [-0.15, -0.1) is 0 Å². The lowest BCUT2D eigenvalue weighted by Gasteiger charge is -2.08. The Balaban J connectivity index is 2.21. The Bertz CT molecular complexity index is 400. The second kappa shape index (κ2) is 7.47. The number of rotatable bonds is 6. The van der Waals surface area contributed by atoms with Crippen LogP contribution in [0, 0.1) is 11.6 Å². The minimum Gasteiger partial charge on any atom is -0.492 e. The Hall–Kier alpha value is -1.85. The van der Waals surface area contributed by atoms with Gasteiger partial charge in [-0.05, 0) is 18.6 Å². The molecular weight excluding hydrogens is 242 g/mol. The lowest BCUT2D eigenvalue weighted by Crippen LogP contribution is -2.37. The average Bonchev–Trinajstić information content (AvgIpc) is 2.36. The van der Waals surface area contributed by atoms with Crippen molar-refractivity contribution in [3.05, 3.63) is 29.8 Å². The fraction of sp³-hybridized carbons (Fsp3) is 0.417. The van der Waals surface area contributed by atoms with E-state index in [-0.39, 0.29) is 24.9 Å². The molecule has 0 radical (unpaired) electrons. The van der Waals surface area contributed by atoms with E-state index in [0.29, 0.717) is 6.54 Å². The van der Waals surface area contributed by atoms with Gasteiger partial charge in [-0.25, -0.2) is 13.6 Å². The van der Waals surface area contributed by atoms with Crippen LogP contribution in [-0.4, -0.2) is 25.7 Å². The van der Waals surface area contributed by atoms with E-state index in [1.807, 2.05) is 6.92 Å². The van der Waals surface area contributed by atoms with E-state index in [2.05, 4.69) is 10.6 Å². The first-order valence-corrected chi connectivity index (χ1v) is 5.73. The van der Waals surface area contributed by atoms with Crippen molar-refractivity contribution in [3.63, 3.8) is 0 Å². The zero-order chi connectivity index (χ0) is 13.4. The summed E-state index contributed by atoms with van der Waals surface area (Å²) in [7, 11) is 0. The number of nitrogens with one attached hydrogen (secondary N) is 2. The Morgan fingerprint density at radius 3 is 2.61 bits per heavy atom. The van der Waals surface area contributed by atoms with Crippen LogP contribution in [0.3, 0.4) is 0 Å². The molecule has 0 heterocycles. The van der Waals surface area contributed by atoms with Gasteiger partial charge in [0.1, 0.15) is 12.4 Å². The maximum absolute atomic E-state index is 12.8. The summed E-state index contributed by atoms with van der Waals surface area (Å²) >= 11 is 0. The van der Waals surface area contributed by atoms with Crippen molar-refractivity contribution in [2.45, 2.75) is 13.3 Å². The van der Waals surface area contributed by atoms with Crippen molar-refractivity contribution in [2.75, 3.05) is 19.7 Å². The molecule has 0 atom stereocenters. The van der Waals surface area contributed by atoms with Gasteiger partial charge in [0, 0.05) is 12.6 Å². The number of hydrogen-bond acceptors (Lipinski definition) is 2. The Morgan fingerprint density at radius 2 is 1.94 bits per heavy atom. The van der Waals surface area contributed by atoms with Crippen molar-refractivity contribution in [3.8, 4) is 5.75 Å². The fourth-order valence-corrected chi connectivity index (χ4v) is 1.20. The molecule has 0 saturated heterocycles. The number of ether oxygens (including phenoxy) is 1. The Labute approximate surface area is 104 Å². The zero-order valence-corrected chi connectivity index (χ0v) is 10.1. The molecule has 6 heteroatoms. The molecule has 0 saturated carbocycles. The molecule has 0 bridgehead atoms. The molecule has 18 heavy (non-hydrogen) atoms. The molecular formula is C12H16F2N2O2. The predicted octanol–water partition coefficient (Wildman–Crippen LogP) is 2.05. The largest absolute Gasteiger partial charge is 0.492 e. The maximum atomic E-state index is 12.8. The first kappa shape index (κ1) is 14.2. The normalized spacial score (nSPS) is 9.94. The summed E-state index contributed by atoms with van der Waals surface area (Å²) in [4.78, 5) is 11.1. The molecule has 2 amide bonds. The molecule has 0 fully saturated rings. The first-order chi connectivity index (χ1) is 8.63. The van der Waals surface area contributed by atoms with Gasteiger partial charge in [-0.3, -0.25) is 0 Å². The highest BCUT2D eigenvalue weighted by Crippen LogP contribution is 2.14. The molecule has 1 rings (SSSR count). The van der Waals surface area contributed by atoms with Gasteiger partial charge in [0.25, 0.3) is 0 Å². The molecule has 0 aromatic heterocycles. The van der Waals surface area contributed by atoms with E-state index in [1.54, 1.807) is 0 Å². The van der Waals surface area contributed by atoms with Crippen molar-refractivity contribution in [1.29, 1.82) is 0 Å². The van der Waals surface area contributed by atoms with Crippen LogP contribution in [0.4, 0.5) is 13.6 Å². The molecule has 0 aliphatic rings. The number of amides is 2. The minimum atomic E-state index is -0.957. The molecule has 0 spiro atoms. The van der Waals surface area contributed by atoms with Crippen LogP contribution in [0.2, 0.25) is 0 Å². The third-order valence-corrected chi connectivity index (χ3v) is 2.08. The summed E-state index contributed by atoms with van der Waals surface area (Å²) in [6, 6.07) is 3.01. The van der Waals surface area contributed by atoms with E-state index >= 15 is 0 Å². The second-order valence-corrected chi connectivity index (χ2v) is 3.61. The molecule has 1 aromatic carbocycles. The summed E-state index contributed by atoms with van der Waals surface area (Å²) in [5.41, 5.74) is 0. The topological polar surface area (TPSA) is 50.4 Å². The van der Waals surface area contributed by atoms with Crippen LogP contribution >= 0.6 is 0 Å². The van der Waals surface area contributed by atoms with Crippen molar-refractivity contribution in [2.24, 2.45) is 0 Å². The SMILES string of the molecule is CCCNC(=O)NCCOc1ccc(F)c(F)c1. The highest BCUT2D eigenvalue weighted by Gasteiger charge is 2.03. The number of urea groups is 1. The van der Waals surface area contributed by atoms with Crippen molar-refractivity contribution >= 4 is 6.03 Å². The van der Waals surface area contributed by atoms with Crippen LogP contribution in [0.25, 0.3) is 0 Å². The molecule has 0 unspecified atom stereocenters. The number of carbonyl (C=O) groups excluding carboxylic acids is 1. The lowest BCUT2D eigenvalue weighted by molar-refractivity contribution is 0.236. The molecule has 0 aliphatic carbocycles. The van der Waals surface area contributed by atoms with Crippen molar-refractivity contribution < 1.29 is 18.3 Å². The highest BCUT2D eigenvalue weighted by molar-refractivity contribution is 5.73. The van der Waals surface area contributed by atoms with Gasteiger partial charge in [-0.1, -0.05) is 6.92 Å². The van der Waals surface area contributed by atoms with Crippen LogP contribution in [0.1, 0.15) is 13.3 Å². The average molecular weight is 258 g/mol. The molecule has 2 N–H and O–H groups in total.